The molecule has 180 valence electrons. The zero-order chi connectivity index (χ0) is 27.1. The first kappa shape index (κ1) is 19.6. The summed E-state index contributed by atoms with van der Waals surface area (Å²) in [5.74, 6) is -1.36. The summed E-state index contributed by atoms with van der Waals surface area (Å²) < 4.78 is 63.2. The Morgan fingerprint density at radius 3 is 2.68 bits per heavy atom. The van der Waals surface area contributed by atoms with Gasteiger partial charge in [0.2, 0.25) is 5.91 Å². The van der Waals surface area contributed by atoms with E-state index in [1.807, 2.05) is 5.32 Å². The number of hydrogen-bond donors (Lipinski definition) is 3. The second-order valence-electron chi connectivity index (χ2n) is 7.91. The summed E-state index contributed by atoms with van der Waals surface area (Å²) in [6.07, 6.45) is 0.457. The standard InChI is InChI=1S/C22H23F3N6O3/c1-3-30-10-15(18-16(30)6-7-31(21(18)34)11-22(23,24)25)28-14-8-17(29-19(32)12-4-5-12)27-9-13(14)20(33)26-2/h6-10,12H,3-5,11H2,1-2H3,(H,26,33)(H2,27,28,29,32)/i2D3. The molecule has 0 atom stereocenters. The van der Waals surface area contributed by atoms with Crippen LogP contribution in [0.15, 0.2) is 35.5 Å². The van der Waals surface area contributed by atoms with Gasteiger partial charge in [-0.3, -0.25) is 14.4 Å². The Labute approximate surface area is 196 Å². The number of rotatable bonds is 7. The Kier molecular flexibility index (Phi) is 5.10. The highest BCUT2D eigenvalue weighted by molar-refractivity contribution is 6.03. The molecule has 3 aromatic rings. The quantitative estimate of drug-likeness (QED) is 0.482. The Morgan fingerprint density at radius 2 is 2.03 bits per heavy atom. The van der Waals surface area contributed by atoms with Gasteiger partial charge in [0.15, 0.2) is 0 Å². The fourth-order valence-corrected chi connectivity index (χ4v) is 3.62. The Bertz CT molecular complexity index is 1430. The van der Waals surface area contributed by atoms with E-state index in [9.17, 15) is 27.6 Å². The minimum atomic E-state index is -4.63. The summed E-state index contributed by atoms with van der Waals surface area (Å²) >= 11 is 0. The number of nitrogens with zero attached hydrogens (tertiary/aromatic N) is 3. The molecular formula is C22H23F3N6O3. The first-order chi connectivity index (χ1) is 17.3. The van der Waals surface area contributed by atoms with Crippen LogP contribution in [0, 0.1) is 5.92 Å². The molecule has 1 aliphatic carbocycles. The number of fused-ring (bicyclic) bond motifs is 1. The molecule has 3 aromatic heterocycles. The number of hydrogen-bond acceptors (Lipinski definition) is 5. The number of anilines is 3. The van der Waals surface area contributed by atoms with Crippen molar-refractivity contribution in [1.82, 2.24) is 19.4 Å². The normalized spacial score (nSPS) is 15.4. The number of halogens is 3. The number of pyridine rings is 2. The first-order valence-electron chi connectivity index (χ1n) is 11.9. The fourth-order valence-electron chi connectivity index (χ4n) is 3.62. The van der Waals surface area contributed by atoms with Gasteiger partial charge in [0, 0.05) is 48.2 Å². The molecule has 0 aromatic carbocycles. The molecule has 0 spiro atoms. The van der Waals surface area contributed by atoms with Crippen LogP contribution in [0.1, 0.15) is 34.2 Å². The predicted octanol–water partition coefficient (Wildman–Crippen LogP) is 3.23. The van der Waals surface area contributed by atoms with Gasteiger partial charge in [-0.2, -0.15) is 13.2 Å². The van der Waals surface area contributed by atoms with Crippen LogP contribution in [0.25, 0.3) is 10.9 Å². The summed E-state index contributed by atoms with van der Waals surface area (Å²) in [7, 11) is 0. The zero-order valence-electron chi connectivity index (χ0n) is 21.0. The first-order valence-corrected chi connectivity index (χ1v) is 10.4. The van der Waals surface area contributed by atoms with Crippen molar-refractivity contribution in [2.45, 2.75) is 39.0 Å². The van der Waals surface area contributed by atoms with Gasteiger partial charge >= 0.3 is 6.18 Å². The maximum absolute atomic E-state index is 13.0. The molecule has 12 heteroatoms. The molecule has 0 aliphatic heterocycles. The van der Waals surface area contributed by atoms with Crippen LogP contribution < -0.4 is 21.5 Å². The van der Waals surface area contributed by atoms with E-state index >= 15 is 0 Å². The largest absolute Gasteiger partial charge is 0.406 e. The summed E-state index contributed by atoms with van der Waals surface area (Å²) in [6, 6.07) is 2.67. The summed E-state index contributed by atoms with van der Waals surface area (Å²) in [5.41, 5.74) is -0.687. The molecule has 3 heterocycles. The molecule has 2 amide bonds. The highest BCUT2D eigenvalue weighted by Crippen LogP contribution is 2.32. The van der Waals surface area contributed by atoms with Crippen molar-refractivity contribution in [1.29, 1.82) is 0 Å². The predicted molar refractivity (Wildman–Crippen MR) is 120 cm³/mol. The Balaban J connectivity index is 1.80. The van der Waals surface area contributed by atoms with Crippen LogP contribution >= 0.6 is 0 Å². The molecule has 0 unspecified atom stereocenters. The maximum Gasteiger partial charge on any atom is 0.406 e. The van der Waals surface area contributed by atoms with Crippen molar-refractivity contribution in [2.75, 3.05) is 17.6 Å². The summed E-state index contributed by atoms with van der Waals surface area (Å²) in [5, 5.41) is 7.28. The number of aromatic nitrogens is 3. The van der Waals surface area contributed by atoms with Crippen LogP contribution in [0.2, 0.25) is 0 Å². The van der Waals surface area contributed by atoms with E-state index in [0.29, 0.717) is 16.6 Å². The molecule has 9 nitrogen and oxygen atoms in total. The monoisotopic (exact) mass is 479 g/mol. The van der Waals surface area contributed by atoms with Crippen molar-refractivity contribution in [3.8, 4) is 0 Å². The number of nitrogens with one attached hydrogen (secondary N) is 3. The van der Waals surface area contributed by atoms with E-state index in [-0.39, 0.29) is 40.0 Å². The number of aryl methyl sites for hydroxylation is 1. The molecule has 0 saturated heterocycles. The second-order valence-corrected chi connectivity index (χ2v) is 7.91. The van der Waals surface area contributed by atoms with E-state index in [2.05, 4.69) is 15.6 Å². The van der Waals surface area contributed by atoms with Gasteiger partial charge in [-0.15, -0.1) is 0 Å². The second kappa shape index (κ2) is 8.84. The van der Waals surface area contributed by atoms with Gasteiger partial charge in [0.1, 0.15) is 12.4 Å². The van der Waals surface area contributed by atoms with Crippen LogP contribution in [0.4, 0.5) is 30.4 Å². The zero-order valence-corrected chi connectivity index (χ0v) is 18.0. The lowest BCUT2D eigenvalue weighted by molar-refractivity contribution is -0.141. The minimum absolute atomic E-state index is 0.0105. The smallest absolute Gasteiger partial charge is 0.355 e. The Morgan fingerprint density at radius 1 is 1.26 bits per heavy atom. The lowest BCUT2D eigenvalue weighted by Crippen LogP contribution is -2.27. The van der Waals surface area contributed by atoms with Crippen molar-refractivity contribution in [3.63, 3.8) is 0 Å². The van der Waals surface area contributed by atoms with Crippen LogP contribution in [0.3, 0.4) is 0 Å². The number of amides is 2. The van der Waals surface area contributed by atoms with Crippen molar-refractivity contribution in [3.05, 3.63) is 46.6 Å². The van der Waals surface area contributed by atoms with Crippen LogP contribution in [0.5, 0.6) is 0 Å². The average Bonchev–Trinajstić information content (AvgIpc) is 3.56. The highest BCUT2D eigenvalue weighted by Gasteiger charge is 2.30. The van der Waals surface area contributed by atoms with Crippen LogP contribution in [-0.4, -0.2) is 39.1 Å². The van der Waals surface area contributed by atoms with Gasteiger partial charge in [0.25, 0.3) is 11.5 Å². The van der Waals surface area contributed by atoms with Gasteiger partial charge in [-0.1, -0.05) is 0 Å². The minimum Gasteiger partial charge on any atom is -0.355 e. The molecule has 1 fully saturated rings. The molecule has 1 saturated carbocycles. The third kappa shape index (κ3) is 4.75. The van der Waals surface area contributed by atoms with Gasteiger partial charge in [-0.25, -0.2) is 4.98 Å². The lowest BCUT2D eigenvalue weighted by atomic mass is 10.2. The van der Waals surface area contributed by atoms with Crippen molar-refractivity contribution in [2.24, 2.45) is 5.92 Å². The molecule has 4 rings (SSSR count). The molecule has 1 aliphatic rings. The van der Waals surface area contributed by atoms with Gasteiger partial charge in [-0.05, 0) is 25.8 Å². The lowest BCUT2D eigenvalue weighted by Gasteiger charge is -2.13. The molecule has 34 heavy (non-hydrogen) atoms. The third-order valence-electron chi connectivity index (χ3n) is 5.43. The van der Waals surface area contributed by atoms with E-state index < -0.39 is 31.2 Å². The number of carbonyl (C=O) groups is 2. The number of carbonyl (C=O) groups excluding carboxylic acids is 2. The maximum atomic E-state index is 13.0. The number of alkyl halides is 3. The van der Waals surface area contributed by atoms with E-state index in [1.54, 1.807) is 11.5 Å². The van der Waals surface area contributed by atoms with E-state index in [4.69, 9.17) is 4.11 Å². The Hall–Kier alpha value is -3.83. The summed E-state index contributed by atoms with van der Waals surface area (Å²) in [6.45, 7) is -2.14. The fraction of sp³-hybridized carbons (Fsp3) is 0.364. The summed E-state index contributed by atoms with van der Waals surface area (Å²) in [4.78, 5) is 42.0. The van der Waals surface area contributed by atoms with Gasteiger partial charge < -0.3 is 25.1 Å². The van der Waals surface area contributed by atoms with Crippen molar-refractivity contribution < 1.29 is 26.9 Å². The molecule has 0 bridgehead atoms. The SMILES string of the molecule is [2H]C([2H])([2H])NC(=O)c1cnc(NC(=O)C2CC2)cc1Nc1cn(CC)c2ccn(CC(F)(F)F)c(=O)c12. The van der Waals surface area contributed by atoms with Crippen LogP contribution in [-0.2, 0) is 17.9 Å². The van der Waals surface area contributed by atoms with E-state index in [1.165, 1.54) is 18.3 Å². The molecule has 0 radical (unpaired) electrons. The average molecular weight is 479 g/mol. The topological polar surface area (TPSA) is 110 Å². The third-order valence-corrected chi connectivity index (χ3v) is 5.43. The molecular weight excluding hydrogens is 453 g/mol. The van der Waals surface area contributed by atoms with Crippen molar-refractivity contribution >= 4 is 39.9 Å². The molecule has 3 N–H and O–H groups in total. The van der Waals surface area contributed by atoms with E-state index in [0.717, 1.165) is 25.2 Å². The van der Waals surface area contributed by atoms with Gasteiger partial charge in [0.05, 0.1) is 27.8 Å². The highest BCUT2D eigenvalue weighted by atomic mass is 19.4.